The fourth-order valence-corrected chi connectivity index (χ4v) is 2.86. The number of carboxylic acid groups (broad SMARTS) is 1. The third kappa shape index (κ3) is 2.54. The molecule has 0 unspecified atom stereocenters. The third-order valence-electron chi connectivity index (χ3n) is 3.96. The van der Waals surface area contributed by atoms with Gasteiger partial charge in [0, 0.05) is 37.1 Å². The number of nitrogens with zero attached hydrogens (tertiary/aromatic N) is 1. The van der Waals surface area contributed by atoms with Crippen molar-refractivity contribution in [1.29, 1.82) is 0 Å². The molecule has 1 aromatic rings. The summed E-state index contributed by atoms with van der Waals surface area (Å²) in [6.45, 7) is 0. The second kappa shape index (κ2) is 6.13. The van der Waals surface area contributed by atoms with E-state index in [0.717, 1.165) is 0 Å². The number of benzene rings is 1. The first-order chi connectivity index (χ1) is 10.4. The minimum absolute atomic E-state index is 0.0898. The molecule has 0 saturated carbocycles. The van der Waals surface area contributed by atoms with Gasteiger partial charge >= 0.3 is 5.97 Å². The number of aliphatic carboxylic acids is 1. The molecule has 0 bridgehead atoms. The number of ether oxygens (including phenoxy) is 3. The normalized spacial score (nSPS) is 20.9. The van der Waals surface area contributed by atoms with Crippen LogP contribution in [0.15, 0.2) is 12.1 Å². The van der Waals surface area contributed by atoms with Crippen LogP contribution in [-0.2, 0) is 9.59 Å². The standard InChI is InChI=1S/C15H19NO6/c1-16-12(17)7-9(14(16)15(18)19)13-10(21-3)5-8(20-2)6-11(13)22-4/h5-6,9,14H,7H2,1-4H3,(H,18,19)/t9-,14+/m1/s1. The van der Waals surface area contributed by atoms with E-state index in [1.807, 2.05) is 0 Å². The predicted molar refractivity (Wildman–Crippen MR) is 77.6 cm³/mol. The van der Waals surface area contributed by atoms with Gasteiger partial charge in [0.05, 0.1) is 21.3 Å². The average Bonchev–Trinajstić information content (AvgIpc) is 2.80. The Balaban J connectivity index is 2.59. The van der Waals surface area contributed by atoms with Crippen LogP contribution in [0.25, 0.3) is 0 Å². The molecule has 2 atom stereocenters. The van der Waals surface area contributed by atoms with Crippen molar-refractivity contribution in [3.8, 4) is 17.2 Å². The van der Waals surface area contributed by atoms with Gasteiger partial charge in [0.2, 0.25) is 5.91 Å². The summed E-state index contributed by atoms with van der Waals surface area (Å²) in [5.41, 5.74) is 0.566. The zero-order chi connectivity index (χ0) is 16.4. The number of likely N-dealkylation sites (tertiary alicyclic amines) is 1. The van der Waals surface area contributed by atoms with Crippen molar-refractivity contribution in [2.24, 2.45) is 0 Å². The quantitative estimate of drug-likeness (QED) is 0.877. The molecule has 0 spiro atoms. The van der Waals surface area contributed by atoms with Crippen molar-refractivity contribution in [2.45, 2.75) is 18.4 Å². The SMILES string of the molecule is COc1cc(OC)c([C@H]2CC(=O)N(C)[C@@H]2C(=O)O)c(OC)c1. The van der Waals surface area contributed by atoms with Crippen molar-refractivity contribution in [1.82, 2.24) is 4.90 Å². The molecule has 1 aromatic carbocycles. The van der Waals surface area contributed by atoms with Crippen molar-refractivity contribution in [2.75, 3.05) is 28.4 Å². The molecule has 1 saturated heterocycles. The summed E-state index contributed by atoms with van der Waals surface area (Å²) >= 11 is 0. The highest BCUT2D eigenvalue weighted by atomic mass is 16.5. The van der Waals surface area contributed by atoms with Gasteiger partial charge in [-0.1, -0.05) is 0 Å². The summed E-state index contributed by atoms with van der Waals surface area (Å²) in [5.74, 6) is -0.422. The highest BCUT2D eigenvalue weighted by Crippen LogP contribution is 2.45. The molecule has 1 aliphatic rings. The lowest BCUT2D eigenvalue weighted by Crippen LogP contribution is -2.38. The van der Waals surface area contributed by atoms with Crippen LogP contribution >= 0.6 is 0 Å². The molecular weight excluding hydrogens is 290 g/mol. The Kier molecular flexibility index (Phi) is 4.44. The summed E-state index contributed by atoms with van der Waals surface area (Å²) < 4.78 is 15.9. The van der Waals surface area contributed by atoms with Gasteiger partial charge in [0.1, 0.15) is 23.3 Å². The molecule has 1 heterocycles. The lowest BCUT2D eigenvalue weighted by Gasteiger charge is -2.24. The van der Waals surface area contributed by atoms with Gasteiger partial charge in [-0.3, -0.25) is 4.79 Å². The van der Waals surface area contributed by atoms with E-state index in [1.165, 1.54) is 33.3 Å². The fraction of sp³-hybridized carbons (Fsp3) is 0.467. The highest BCUT2D eigenvalue weighted by Gasteiger charge is 2.45. The number of carbonyl (C=O) groups excluding carboxylic acids is 1. The van der Waals surface area contributed by atoms with Gasteiger partial charge in [0.25, 0.3) is 0 Å². The number of likely N-dealkylation sites (N-methyl/N-ethyl adjacent to an activating group) is 1. The minimum atomic E-state index is -1.06. The Morgan fingerprint density at radius 1 is 1.18 bits per heavy atom. The number of carbonyl (C=O) groups is 2. The molecule has 0 radical (unpaired) electrons. The van der Waals surface area contributed by atoms with E-state index in [-0.39, 0.29) is 12.3 Å². The zero-order valence-electron chi connectivity index (χ0n) is 13.0. The lowest BCUT2D eigenvalue weighted by molar-refractivity contribution is -0.145. The number of carboxylic acids is 1. The van der Waals surface area contributed by atoms with Gasteiger partial charge in [-0.15, -0.1) is 0 Å². The van der Waals surface area contributed by atoms with E-state index in [0.29, 0.717) is 22.8 Å². The summed E-state index contributed by atoms with van der Waals surface area (Å²) in [6, 6.07) is 2.35. The number of hydrogen-bond donors (Lipinski definition) is 1. The molecule has 22 heavy (non-hydrogen) atoms. The predicted octanol–water partition coefficient (Wildman–Crippen LogP) is 1.11. The monoisotopic (exact) mass is 309 g/mol. The molecule has 0 aliphatic carbocycles. The molecule has 1 N–H and O–H groups in total. The second-order valence-electron chi connectivity index (χ2n) is 5.04. The molecule has 1 aliphatic heterocycles. The molecule has 7 nitrogen and oxygen atoms in total. The van der Waals surface area contributed by atoms with Crippen LogP contribution in [0.4, 0.5) is 0 Å². The van der Waals surface area contributed by atoms with Crippen LogP contribution < -0.4 is 14.2 Å². The molecular formula is C15H19NO6. The van der Waals surface area contributed by atoms with Gasteiger partial charge in [-0.2, -0.15) is 0 Å². The first-order valence-electron chi connectivity index (χ1n) is 6.73. The van der Waals surface area contributed by atoms with Crippen LogP contribution in [0.1, 0.15) is 17.9 Å². The van der Waals surface area contributed by atoms with Crippen molar-refractivity contribution < 1.29 is 28.9 Å². The Hall–Kier alpha value is -2.44. The van der Waals surface area contributed by atoms with E-state index in [9.17, 15) is 14.7 Å². The maximum absolute atomic E-state index is 12.0. The van der Waals surface area contributed by atoms with Crippen molar-refractivity contribution in [3.05, 3.63) is 17.7 Å². The Morgan fingerprint density at radius 2 is 1.73 bits per heavy atom. The van der Waals surface area contributed by atoms with Gasteiger partial charge < -0.3 is 24.2 Å². The molecule has 120 valence electrons. The number of hydrogen-bond acceptors (Lipinski definition) is 5. The maximum Gasteiger partial charge on any atom is 0.327 e. The molecule has 1 amide bonds. The van der Waals surface area contributed by atoms with E-state index >= 15 is 0 Å². The fourth-order valence-electron chi connectivity index (χ4n) is 2.86. The van der Waals surface area contributed by atoms with E-state index in [4.69, 9.17) is 14.2 Å². The first kappa shape index (κ1) is 15.9. The average molecular weight is 309 g/mol. The molecule has 1 fully saturated rings. The topological polar surface area (TPSA) is 85.3 Å². The molecule has 7 heteroatoms. The van der Waals surface area contributed by atoms with E-state index in [1.54, 1.807) is 12.1 Å². The van der Waals surface area contributed by atoms with Gasteiger partial charge in [0.15, 0.2) is 0 Å². The van der Waals surface area contributed by atoms with Gasteiger partial charge in [-0.05, 0) is 0 Å². The Labute approximate surface area is 128 Å². The summed E-state index contributed by atoms with van der Waals surface area (Å²) in [6.07, 6.45) is 0.0898. The van der Waals surface area contributed by atoms with Crippen LogP contribution in [0.2, 0.25) is 0 Å². The van der Waals surface area contributed by atoms with Crippen LogP contribution in [0.3, 0.4) is 0 Å². The number of rotatable bonds is 5. The van der Waals surface area contributed by atoms with Crippen molar-refractivity contribution in [3.63, 3.8) is 0 Å². The maximum atomic E-state index is 12.0. The minimum Gasteiger partial charge on any atom is -0.496 e. The highest BCUT2D eigenvalue weighted by molar-refractivity contribution is 5.90. The smallest absolute Gasteiger partial charge is 0.327 e. The Bertz CT molecular complexity index is 575. The van der Waals surface area contributed by atoms with Crippen LogP contribution in [0, 0.1) is 0 Å². The largest absolute Gasteiger partial charge is 0.496 e. The third-order valence-corrected chi connectivity index (χ3v) is 3.96. The van der Waals surface area contributed by atoms with Crippen LogP contribution in [0.5, 0.6) is 17.2 Å². The van der Waals surface area contributed by atoms with E-state index < -0.39 is 17.9 Å². The zero-order valence-corrected chi connectivity index (χ0v) is 13.0. The van der Waals surface area contributed by atoms with Crippen molar-refractivity contribution >= 4 is 11.9 Å². The lowest BCUT2D eigenvalue weighted by atomic mass is 9.89. The molecule has 2 rings (SSSR count). The summed E-state index contributed by atoms with van der Waals surface area (Å²) in [7, 11) is 5.96. The summed E-state index contributed by atoms with van der Waals surface area (Å²) in [4.78, 5) is 24.8. The van der Waals surface area contributed by atoms with Gasteiger partial charge in [-0.25, -0.2) is 4.79 Å². The Morgan fingerprint density at radius 3 is 2.14 bits per heavy atom. The molecule has 0 aromatic heterocycles. The van der Waals surface area contributed by atoms with E-state index in [2.05, 4.69) is 0 Å². The van der Waals surface area contributed by atoms with Crippen LogP contribution in [-0.4, -0.2) is 56.3 Å². The second-order valence-corrected chi connectivity index (χ2v) is 5.04. The number of methoxy groups -OCH3 is 3. The first-order valence-corrected chi connectivity index (χ1v) is 6.73. The summed E-state index contributed by atoms with van der Waals surface area (Å²) in [5, 5.41) is 9.46. The number of amides is 1.